The molecule has 1 saturated heterocycles. The molecular weight excluding hydrogens is 372 g/mol. The van der Waals surface area contributed by atoms with Crippen LogP contribution >= 0.6 is 11.6 Å². The molecule has 0 radical (unpaired) electrons. The molecule has 0 bridgehead atoms. The molecule has 0 spiro atoms. The second-order valence-electron chi connectivity index (χ2n) is 6.31. The van der Waals surface area contributed by atoms with Gasteiger partial charge >= 0.3 is 6.03 Å². The predicted octanol–water partition coefficient (Wildman–Crippen LogP) is 3.99. The maximum Gasteiger partial charge on any atom is 0.317 e. The Kier molecular flexibility index (Phi) is 2.81. The van der Waals surface area contributed by atoms with Crippen LogP contribution in [0.15, 0.2) is 18.1 Å². The summed E-state index contributed by atoms with van der Waals surface area (Å²) in [4.78, 5) is 15.4. The summed E-state index contributed by atoms with van der Waals surface area (Å²) in [7, 11) is 0.724. The number of piperazine rings is 1. The van der Waals surface area contributed by atoms with Crippen molar-refractivity contribution in [3.05, 3.63) is 28.7 Å². The Hall–Kier alpha value is -1.46. The van der Waals surface area contributed by atoms with E-state index in [4.69, 9.17) is 36.3 Å². The number of amides is 2. The number of carbonyl (C=O) groups excluding carboxylic acids is 1. The average molecular weight is 425 g/mol. The van der Waals surface area contributed by atoms with Gasteiger partial charge in [-0.25, -0.2) is 4.79 Å². The molecule has 156 valence electrons. The van der Waals surface area contributed by atoms with Gasteiger partial charge in [0.1, 0.15) is 0 Å². The molecule has 1 aliphatic heterocycles. The van der Waals surface area contributed by atoms with Gasteiger partial charge in [-0.3, -0.25) is 4.90 Å². The van der Waals surface area contributed by atoms with Gasteiger partial charge in [-0.05, 0) is 62.8 Å². The van der Waals surface area contributed by atoms with Gasteiger partial charge in [-0.1, -0.05) is 23.7 Å². The van der Waals surface area contributed by atoms with Crippen molar-refractivity contribution in [2.75, 3.05) is 51.6 Å². The zero-order valence-corrected chi connectivity index (χ0v) is 16.4. The number of benzene rings is 1. The fraction of sp³-hybridized carbons (Fsp3) is 0.682. The number of anilines is 1. The number of nitrogens with zero attached hydrogens (tertiary/aromatic N) is 3. The Morgan fingerprint density at radius 1 is 1.39 bits per heavy atom. The third-order valence-corrected chi connectivity index (χ3v) is 4.72. The molecule has 1 aromatic rings. The fourth-order valence-corrected chi connectivity index (χ4v) is 2.86. The smallest absolute Gasteiger partial charge is 0.317 e. The molecule has 2 fully saturated rings. The third kappa shape index (κ3) is 5.54. The highest BCUT2D eigenvalue weighted by Crippen LogP contribution is 2.30. The zero-order valence-electron chi connectivity index (χ0n) is 33.7. The second-order valence-corrected chi connectivity index (χ2v) is 6.69. The minimum Gasteiger partial charge on any atom is -0.368 e. The van der Waals surface area contributed by atoms with Crippen molar-refractivity contribution >= 4 is 23.3 Å². The lowest BCUT2D eigenvalue weighted by atomic mass is 9.84. The number of urea groups is 1. The highest BCUT2D eigenvalue weighted by molar-refractivity contribution is 6.34. The molecule has 3 rings (SSSR count). The number of hydrogen-bond acceptors (Lipinski definition) is 3. The van der Waals surface area contributed by atoms with Crippen molar-refractivity contribution in [3.63, 3.8) is 0 Å². The van der Waals surface area contributed by atoms with E-state index >= 15 is 0 Å². The first-order valence-electron chi connectivity index (χ1n) is 17.7. The number of carbonyl (C=O) groups is 1. The lowest BCUT2D eigenvalue weighted by Gasteiger charge is -2.37. The van der Waals surface area contributed by atoms with Crippen molar-refractivity contribution in [1.82, 2.24) is 15.1 Å². The van der Waals surface area contributed by atoms with E-state index in [1.54, 1.807) is 4.90 Å². The molecule has 6 heteroatoms. The number of halogens is 1. The van der Waals surface area contributed by atoms with Crippen LogP contribution in [-0.4, -0.2) is 68.5 Å². The minimum atomic E-state index is -3.94. The van der Waals surface area contributed by atoms with E-state index in [9.17, 15) is 4.79 Å². The molecule has 0 atom stereocenters. The van der Waals surface area contributed by atoms with Gasteiger partial charge in [0.05, 0.1) is 16.2 Å². The topological polar surface area (TPSA) is 38.8 Å². The molecule has 1 heterocycles. The van der Waals surface area contributed by atoms with Crippen molar-refractivity contribution in [1.29, 1.82) is 0 Å². The number of nitrogens with one attached hydrogen (secondary N) is 1. The Bertz CT molecular complexity index is 1320. The van der Waals surface area contributed by atoms with Gasteiger partial charge in [0.2, 0.25) is 0 Å². The van der Waals surface area contributed by atoms with Crippen LogP contribution < -0.4 is 10.2 Å². The van der Waals surface area contributed by atoms with Crippen LogP contribution in [0.1, 0.15) is 62.1 Å². The lowest BCUT2D eigenvalue weighted by molar-refractivity contribution is 0.194. The Morgan fingerprint density at radius 2 is 2.11 bits per heavy atom. The highest BCUT2D eigenvalue weighted by Gasteiger charge is 2.24. The summed E-state index contributed by atoms with van der Waals surface area (Å²) < 4.78 is 150. The van der Waals surface area contributed by atoms with Crippen LogP contribution in [0, 0.1) is 12.8 Å². The van der Waals surface area contributed by atoms with Gasteiger partial charge in [0, 0.05) is 65.4 Å². The van der Waals surface area contributed by atoms with Gasteiger partial charge in [-0.2, -0.15) is 0 Å². The van der Waals surface area contributed by atoms with Gasteiger partial charge in [0.15, 0.2) is 0 Å². The first-order valence-corrected chi connectivity index (χ1v) is 9.08. The number of rotatable bonds is 5. The number of hydrogen-bond donors (Lipinski definition) is 1. The summed E-state index contributed by atoms with van der Waals surface area (Å²) in [6.45, 7) is -4.76. The maximum absolute atomic E-state index is 12.7. The first kappa shape index (κ1) is 7.99. The molecule has 1 N–H and O–H groups in total. The van der Waals surface area contributed by atoms with Crippen molar-refractivity contribution in [2.45, 2.75) is 44.9 Å². The van der Waals surface area contributed by atoms with E-state index in [0.29, 0.717) is 0 Å². The first-order chi connectivity index (χ1) is 20.4. The van der Waals surface area contributed by atoms with Crippen LogP contribution in [0.3, 0.4) is 0 Å². The Balaban J connectivity index is 1.98. The molecule has 2 aliphatic rings. The van der Waals surface area contributed by atoms with Crippen LogP contribution in [0.25, 0.3) is 0 Å². The van der Waals surface area contributed by atoms with E-state index in [1.807, 2.05) is 0 Å². The van der Waals surface area contributed by atoms with E-state index in [0.717, 1.165) is 11.9 Å². The van der Waals surface area contributed by atoms with Gasteiger partial charge < -0.3 is 15.1 Å². The van der Waals surface area contributed by atoms with Gasteiger partial charge in [-0.15, -0.1) is 0 Å². The van der Waals surface area contributed by atoms with E-state index in [2.05, 4.69) is 0 Å². The van der Waals surface area contributed by atoms with Crippen molar-refractivity contribution in [2.24, 2.45) is 5.89 Å². The summed E-state index contributed by atoms with van der Waals surface area (Å²) in [5.41, 5.74) is 0.417. The molecule has 1 aromatic carbocycles. The summed E-state index contributed by atoms with van der Waals surface area (Å²) in [6, 6.07) is -6.47. The van der Waals surface area contributed by atoms with Gasteiger partial charge in [0.25, 0.3) is 0 Å². The van der Waals surface area contributed by atoms with E-state index in [-0.39, 0.29) is 65.5 Å². The highest BCUT2D eigenvalue weighted by atomic mass is 35.5. The summed E-state index contributed by atoms with van der Waals surface area (Å²) in [5, 5.41) is 1.58. The van der Waals surface area contributed by atoms with Crippen LogP contribution in [-0.2, 0) is 0 Å². The standard InChI is InChI=1S/C22H35ClN4O/c1-17-5-4-6-20(21(17)23)27-15-13-26(14-16-27)12-11-18-7-9-19(10-8-18)24-22(28)25(2)3/h4-6,18-19H,7-16H2,1-3H3,(H,24,28)/i2D3,4D,5D,6D,7D2,8D2,9D2,10D2,12D2,18D,19D. The van der Waals surface area contributed by atoms with Crippen LogP contribution in [0.5, 0.6) is 0 Å². The van der Waals surface area contributed by atoms with E-state index < -0.39 is 63.3 Å². The second kappa shape index (κ2) is 9.84. The molecular formula is C22H35ClN4O. The summed E-state index contributed by atoms with van der Waals surface area (Å²) in [5.74, 6) is -3.57. The quantitative estimate of drug-likeness (QED) is 0.776. The van der Waals surface area contributed by atoms with E-state index in [1.165, 1.54) is 12.2 Å². The third-order valence-electron chi connectivity index (χ3n) is 4.26. The summed E-state index contributed by atoms with van der Waals surface area (Å²) >= 11 is 6.39. The molecule has 1 saturated carbocycles. The Labute approximate surface area is 200 Å². The van der Waals surface area contributed by atoms with Crippen LogP contribution in [0.4, 0.5) is 10.5 Å². The average Bonchev–Trinajstić information content (AvgIpc) is 2.93. The molecule has 28 heavy (non-hydrogen) atoms. The van der Waals surface area contributed by atoms with Crippen molar-refractivity contribution < 1.29 is 29.5 Å². The predicted molar refractivity (Wildman–Crippen MR) is 117 cm³/mol. The molecule has 0 unspecified atom stereocenters. The molecule has 5 nitrogen and oxygen atoms in total. The maximum atomic E-state index is 12.7. The molecule has 2 amide bonds. The summed E-state index contributed by atoms with van der Waals surface area (Å²) in [6.07, 6.45) is -17.1. The van der Waals surface area contributed by atoms with Crippen LogP contribution in [0.2, 0.25) is 5.02 Å². The normalized spacial score (nSPS) is 46.3. The fourth-order valence-electron chi connectivity index (χ4n) is 2.65. The zero-order chi connectivity index (χ0) is 36.0. The largest absolute Gasteiger partial charge is 0.368 e. The Morgan fingerprint density at radius 3 is 2.79 bits per heavy atom. The molecule has 1 aliphatic carbocycles. The van der Waals surface area contributed by atoms with Crippen molar-refractivity contribution in [3.8, 4) is 0 Å². The SMILES string of the molecule is [2H]c1c([2H])c(C)c(Cl)c(N2CCN(C([2H])([2H])CC3([2H])C([2H])([2H])C([2H])([2H])C([2H])(NC(=O)N(C)C([2H])([2H])[2H])C([2H])([2H])C3([2H])[2H])CC2)c1[2H]. The molecule has 0 aromatic heterocycles. The lowest BCUT2D eigenvalue weighted by Crippen LogP contribution is -2.47. The monoisotopic (exact) mass is 424 g/mol. The minimum absolute atomic E-state index is 0.00729.